The van der Waals surface area contributed by atoms with Gasteiger partial charge in [-0.25, -0.2) is 4.39 Å². The zero-order chi connectivity index (χ0) is 12.4. The van der Waals surface area contributed by atoms with Gasteiger partial charge in [-0.05, 0) is 49.9 Å². The van der Waals surface area contributed by atoms with Crippen molar-refractivity contribution in [1.29, 1.82) is 0 Å². The normalized spacial score (nSPS) is 24.8. The molecule has 2 atom stereocenters. The molecule has 1 amide bonds. The first-order valence-corrected chi connectivity index (χ1v) is 6.14. The minimum Gasteiger partial charge on any atom is -0.336 e. The SMILES string of the molecule is CC1CCC(C)N(C(=O)c2ccc(F)cc2)C1. The van der Waals surface area contributed by atoms with Crippen LogP contribution in [-0.4, -0.2) is 23.4 Å². The van der Waals surface area contributed by atoms with Gasteiger partial charge in [0.25, 0.3) is 5.91 Å². The van der Waals surface area contributed by atoms with E-state index in [2.05, 4.69) is 13.8 Å². The molecule has 0 bridgehead atoms. The molecule has 0 radical (unpaired) electrons. The molecule has 92 valence electrons. The number of benzene rings is 1. The second-order valence-corrected chi connectivity index (χ2v) is 5.00. The molecular formula is C14H18FNO. The van der Waals surface area contributed by atoms with Gasteiger partial charge in [0.15, 0.2) is 0 Å². The van der Waals surface area contributed by atoms with E-state index >= 15 is 0 Å². The van der Waals surface area contributed by atoms with E-state index in [9.17, 15) is 9.18 Å². The molecule has 1 aromatic carbocycles. The molecule has 2 unspecified atom stereocenters. The Morgan fingerprint density at radius 2 is 1.88 bits per heavy atom. The number of carbonyl (C=O) groups excluding carboxylic acids is 1. The number of hydrogen-bond donors (Lipinski definition) is 0. The summed E-state index contributed by atoms with van der Waals surface area (Å²) in [6.45, 7) is 5.04. The highest BCUT2D eigenvalue weighted by molar-refractivity contribution is 5.94. The molecule has 0 saturated carbocycles. The highest BCUT2D eigenvalue weighted by Gasteiger charge is 2.27. The van der Waals surface area contributed by atoms with Gasteiger partial charge >= 0.3 is 0 Å². The Morgan fingerprint density at radius 3 is 2.53 bits per heavy atom. The van der Waals surface area contributed by atoms with Crippen molar-refractivity contribution in [3.8, 4) is 0 Å². The van der Waals surface area contributed by atoms with E-state index < -0.39 is 0 Å². The van der Waals surface area contributed by atoms with Crippen molar-refractivity contribution in [2.24, 2.45) is 5.92 Å². The van der Waals surface area contributed by atoms with E-state index in [0.29, 0.717) is 11.5 Å². The van der Waals surface area contributed by atoms with Crippen molar-refractivity contribution in [2.75, 3.05) is 6.54 Å². The third-order valence-electron chi connectivity index (χ3n) is 3.47. The highest BCUT2D eigenvalue weighted by Crippen LogP contribution is 2.23. The van der Waals surface area contributed by atoms with Crippen LogP contribution >= 0.6 is 0 Å². The molecule has 17 heavy (non-hydrogen) atoms. The molecule has 0 spiro atoms. The maximum atomic E-state index is 12.8. The predicted octanol–water partition coefficient (Wildman–Crippen LogP) is 3.09. The number of amides is 1. The lowest BCUT2D eigenvalue weighted by atomic mass is 9.94. The molecule has 0 aromatic heterocycles. The Kier molecular flexibility index (Phi) is 3.46. The van der Waals surface area contributed by atoms with Crippen LogP contribution in [0.15, 0.2) is 24.3 Å². The summed E-state index contributed by atoms with van der Waals surface area (Å²) in [6, 6.07) is 6.08. The minimum atomic E-state index is -0.304. The molecule has 1 aromatic rings. The van der Waals surface area contributed by atoms with Gasteiger partial charge in [-0.15, -0.1) is 0 Å². The summed E-state index contributed by atoms with van der Waals surface area (Å²) in [5.74, 6) is 0.265. The Morgan fingerprint density at radius 1 is 1.24 bits per heavy atom. The van der Waals surface area contributed by atoms with E-state index in [0.717, 1.165) is 13.0 Å². The Bertz CT molecular complexity index is 401. The van der Waals surface area contributed by atoms with Crippen molar-refractivity contribution < 1.29 is 9.18 Å². The van der Waals surface area contributed by atoms with E-state index in [1.807, 2.05) is 4.90 Å². The molecule has 1 aliphatic rings. The Labute approximate surface area is 101 Å². The van der Waals surface area contributed by atoms with E-state index in [1.54, 1.807) is 12.1 Å². The van der Waals surface area contributed by atoms with Crippen LogP contribution in [-0.2, 0) is 0 Å². The molecule has 0 N–H and O–H groups in total. The van der Waals surface area contributed by atoms with E-state index in [4.69, 9.17) is 0 Å². The molecular weight excluding hydrogens is 217 g/mol. The molecule has 3 heteroatoms. The van der Waals surface area contributed by atoms with Crippen molar-refractivity contribution >= 4 is 5.91 Å². The topological polar surface area (TPSA) is 20.3 Å². The second-order valence-electron chi connectivity index (χ2n) is 5.00. The largest absolute Gasteiger partial charge is 0.336 e. The lowest BCUT2D eigenvalue weighted by Gasteiger charge is -2.36. The fourth-order valence-electron chi connectivity index (χ4n) is 2.33. The Balaban J connectivity index is 2.15. The van der Waals surface area contributed by atoms with Crippen LogP contribution in [0.4, 0.5) is 4.39 Å². The number of nitrogens with zero attached hydrogens (tertiary/aromatic N) is 1. The first-order valence-electron chi connectivity index (χ1n) is 6.14. The number of likely N-dealkylation sites (tertiary alicyclic amines) is 1. The standard InChI is InChI=1S/C14H18FNO/c1-10-3-4-11(2)16(9-10)14(17)12-5-7-13(15)8-6-12/h5-8,10-11H,3-4,9H2,1-2H3. The van der Waals surface area contributed by atoms with Gasteiger partial charge in [-0.1, -0.05) is 6.92 Å². The van der Waals surface area contributed by atoms with Crippen LogP contribution in [0.3, 0.4) is 0 Å². The summed E-state index contributed by atoms with van der Waals surface area (Å²) in [6.07, 6.45) is 2.22. The highest BCUT2D eigenvalue weighted by atomic mass is 19.1. The summed E-state index contributed by atoms with van der Waals surface area (Å²) in [5.41, 5.74) is 0.576. The van der Waals surface area contributed by atoms with Crippen LogP contribution in [0.1, 0.15) is 37.0 Å². The van der Waals surface area contributed by atoms with E-state index in [1.165, 1.54) is 18.6 Å². The summed E-state index contributed by atoms with van der Waals surface area (Å²) in [4.78, 5) is 14.2. The first kappa shape index (κ1) is 12.1. The molecule has 1 saturated heterocycles. The fourth-order valence-corrected chi connectivity index (χ4v) is 2.33. The van der Waals surface area contributed by atoms with E-state index in [-0.39, 0.29) is 17.8 Å². The van der Waals surface area contributed by atoms with Crippen LogP contribution in [0.2, 0.25) is 0 Å². The van der Waals surface area contributed by atoms with Crippen molar-refractivity contribution in [3.63, 3.8) is 0 Å². The van der Waals surface area contributed by atoms with Crippen molar-refractivity contribution in [2.45, 2.75) is 32.7 Å². The molecule has 1 fully saturated rings. The molecule has 2 nitrogen and oxygen atoms in total. The maximum absolute atomic E-state index is 12.8. The van der Waals surface area contributed by atoms with Crippen LogP contribution in [0, 0.1) is 11.7 Å². The third-order valence-corrected chi connectivity index (χ3v) is 3.47. The quantitative estimate of drug-likeness (QED) is 0.732. The van der Waals surface area contributed by atoms with Crippen molar-refractivity contribution in [1.82, 2.24) is 4.90 Å². The first-order chi connectivity index (χ1) is 8.08. The van der Waals surface area contributed by atoms with Gasteiger partial charge in [0.2, 0.25) is 0 Å². The predicted molar refractivity (Wildman–Crippen MR) is 65.3 cm³/mol. The summed E-state index contributed by atoms with van der Waals surface area (Å²) >= 11 is 0. The van der Waals surface area contributed by atoms with Gasteiger partial charge in [0, 0.05) is 18.2 Å². The second kappa shape index (κ2) is 4.86. The summed E-state index contributed by atoms with van der Waals surface area (Å²) in [5, 5.41) is 0. The number of carbonyl (C=O) groups is 1. The lowest BCUT2D eigenvalue weighted by molar-refractivity contribution is 0.0574. The number of hydrogen-bond acceptors (Lipinski definition) is 1. The number of rotatable bonds is 1. The maximum Gasteiger partial charge on any atom is 0.254 e. The molecule has 1 heterocycles. The van der Waals surface area contributed by atoms with Gasteiger partial charge in [-0.3, -0.25) is 4.79 Å². The molecule has 1 aliphatic heterocycles. The number of halogens is 1. The average molecular weight is 235 g/mol. The summed E-state index contributed by atoms with van der Waals surface area (Å²) in [7, 11) is 0. The average Bonchev–Trinajstić information content (AvgIpc) is 2.32. The van der Waals surface area contributed by atoms with Gasteiger partial charge in [-0.2, -0.15) is 0 Å². The van der Waals surface area contributed by atoms with Crippen LogP contribution in [0.25, 0.3) is 0 Å². The number of piperidine rings is 1. The van der Waals surface area contributed by atoms with Gasteiger partial charge in [0.1, 0.15) is 5.82 Å². The van der Waals surface area contributed by atoms with Crippen LogP contribution in [0.5, 0.6) is 0 Å². The summed E-state index contributed by atoms with van der Waals surface area (Å²) < 4.78 is 12.8. The minimum absolute atomic E-state index is 0.0176. The van der Waals surface area contributed by atoms with Crippen molar-refractivity contribution in [3.05, 3.63) is 35.6 Å². The Hall–Kier alpha value is -1.38. The molecule has 2 rings (SSSR count). The zero-order valence-electron chi connectivity index (χ0n) is 10.3. The lowest BCUT2D eigenvalue weighted by Crippen LogP contribution is -2.44. The fraction of sp³-hybridized carbons (Fsp3) is 0.500. The smallest absolute Gasteiger partial charge is 0.254 e. The van der Waals surface area contributed by atoms with Gasteiger partial charge in [0.05, 0.1) is 0 Å². The molecule has 0 aliphatic carbocycles. The third kappa shape index (κ3) is 2.65. The zero-order valence-corrected chi connectivity index (χ0v) is 10.3. The van der Waals surface area contributed by atoms with Gasteiger partial charge < -0.3 is 4.90 Å². The van der Waals surface area contributed by atoms with Crippen LogP contribution < -0.4 is 0 Å². The monoisotopic (exact) mass is 235 g/mol.